The van der Waals surface area contributed by atoms with E-state index in [1.165, 1.54) is 11.8 Å². The van der Waals surface area contributed by atoms with Crippen molar-refractivity contribution < 1.29 is 9.59 Å². The Labute approximate surface area is 144 Å². The van der Waals surface area contributed by atoms with Gasteiger partial charge in [0.25, 0.3) is 0 Å². The Morgan fingerprint density at radius 1 is 1.35 bits per heavy atom. The summed E-state index contributed by atoms with van der Waals surface area (Å²) in [7, 11) is 0. The van der Waals surface area contributed by atoms with Crippen LogP contribution in [0.25, 0.3) is 0 Å². The second kappa shape index (κ2) is 7.11. The Hall–Kier alpha value is -1.24. The minimum atomic E-state index is -0.408. The first-order chi connectivity index (χ1) is 11.0. The second-order valence-corrected chi connectivity index (χ2v) is 7.80. The monoisotopic (exact) mass is 353 g/mol. The molecule has 2 aliphatic rings. The molecule has 1 aliphatic heterocycles. The zero-order valence-electron chi connectivity index (χ0n) is 12.7. The van der Waals surface area contributed by atoms with Crippen LogP contribution >= 0.6 is 23.4 Å². The quantitative estimate of drug-likeness (QED) is 0.779. The Morgan fingerprint density at radius 2 is 2.09 bits per heavy atom. The maximum atomic E-state index is 12.2. The molecule has 1 unspecified atom stereocenters. The predicted molar refractivity (Wildman–Crippen MR) is 92.7 cm³/mol. The van der Waals surface area contributed by atoms with E-state index in [-0.39, 0.29) is 30.3 Å². The molecule has 5 nitrogen and oxygen atoms in total. The number of benzene rings is 1. The van der Waals surface area contributed by atoms with Crippen molar-refractivity contribution in [2.75, 3.05) is 5.32 Å². The summed E-state index contributed by atoms with van der Waals surface area (Å²) in [6.07, 6.45) is 3.90. The Morgan fingerprint density at radius 3 is 2.83 bits per heavy atom. The molecule has 0 spiro atoms. The van der Waals surface area contributed by atoms with Crippen molar-refractivity contribution in [2.24, 2.45) is 5.73 Å². The van der Waals surface area contributed by atoms with E-state index in [1.807, 2.05) is 6.07 Å². The third-order valence-electron chi connectivity index (χ3n) is 4.27. The second-order valence-electron chi connectivity index (χ2n) is 6.12. The van der Waals surface area contributed by atoms with Gasteiger partial charge in [0.05, 0.1) is 10.9 Å². The standard InChI is InChI=1S/C16H20ClN3O2S/c17-9-1-6-13-12(7-9)20-16(22)14(23-13)8-15(21)19-11-4-2-10(18)3-5-11/h1,6-7,10-11,14H,2-5,8,18H2,(H,19,21)(H,20,22). The van der Waals surface area contributed by atoms with Crippen molar-refractivity contribution in [3.63, 3.8) is 0 Å². The fourth-order valence-corrected chi connectivity index (χ4v) is 4.24. The molecule has 2 amide bonds. The summed E-state index contributed by atoms with van der Waals surface area (Å²) >= 11 is 7.34. The molecule has 7 heteroatoms. The SMILES string of the molecule is NC1CCC(NC(=O)CC2Sc3ccc(Cl)cc3NC2=O)CC1. The first kappa shape index (κ1) is 16.6. The highest BCUT2D eigenvalue weighted by Gasteiger charge is 2.30. The summed E-state index contributed by atoms with van der Waals surface area (Å²) in [5, 5.41) is 6.03. The van der Waals surface area contributed by atoms with Crippen LogP contribution < -0.4 is 16.4 Å². The summed E-state index contributed by atoms with van der Waals surface area (Å²) < 4.78 is 0. The average Bonchev–Trinajstić information content (AvgIpc) is 2.50. The van der Waals surface area contributed by atoms with E-state index < -0.39 is 5.25 Å². The molecule has 0 saturated heterocycles. The fourth-order valence-electron chi connectivity index (χ4n) is 2.98. The number of carbonyl (C=O) groups excluding carboxylic acids is 2. The van der Waals surface area contributed by atoms with Crippen molar-refractivity contribution in [3.8, 4) is 0 Å². The molecule has 0 aromatic heterocycles. The lowest BCUT2D eigenvalue weighted by Crippen LogP contribution is -2.42. The van der Waals surface area contributed by atoms with Crippen molar-refractivity contribution in [3.05, 3.63) is 23.2 Å². The van der Waals surface area contributed by atoms with Crippen LogP contribution in [0.1, 0.15) is 32.1 Å². The van der Waals surface area contributed by atoms with Gasteiger partial charge in [-0.05, 0) is 43.9 Å². The number of anilines is 1. The van der Waals surface area contributed by atoms with E-state index in [0.29, 0.717) is 10.7 Å². The summed E-state index contributed by atoms with van der Waals surface area (Å²) in [5.41, 5.74) is 6.59. The molecule has 4 N–H and O–H groups in total. The van der Waals surface area contributed by atoms with Crippen molar-refractivity contribution in [2.45, 2.75) is 54.3 Å². The van der Waals surface area contributed by atoms with Crippen LogP contribution in [0.15, 0.2) is 23.1 Å². The zero-order chi connectivity index (χ0) is 16.4. The fraction of sp³-hybridized carbons (Fsp3) is 0.500. The Kier molecular flexibility index (Phi) is 5.14. The number of carbonyl (C=O) groups is 2. The number of nitrogens with two attached hydrogens (primary N) is 1. The lowest BCUT2D eigenvalue weighted by molar-refractivity contribution is -0.124. The Balaban J connectivity index is 1.56. The minimum Gasteiger partial charge on any atom is -0.353 e. The van der Waals surface area contributed by atoms with Crippen LogP contribution in [0.3, 0.4) is 0 Å². The summed E-state index contributed by atoms with van der Waals surface area (Å²) in [6, 6.07) is 5.82. The summed E-state index contributed by atoms with van der Waals surface area (Å²) in [5.74, 6) is -0.221. The van der Waals surface area contributed by atoms with Crippen LogP contribution in [0, 0.1) is 0 Å². The molecule has 23 heavy (non-hydrogen) atoms. The zero-order valence-corrected chi connectivity index (χ0v) is 14.3. The van der Waals surface area contributed by atoms with Crippen LogP contribution in [0.5, 0.6) is 0 Å². The molecule has 1 saturated carbocycles. The first-order valence-electron chi connectivity index (χ1n) is 7.83. The average molecular weight is 354 g/mol. The molecule has 3 rings (SSSR count). The van der Waals surface area contributed by atoms with Gasteiger partial charge in [-0.15, -0.1) is 11.8 Å². The highest BCUT2D eigenvalue weighted by Crippen LogP contribution is 2.38. The van der Waals surface area contributed by atoms with Gasteiger partial charge in [-0.3, -0.25) is 9.59 Å². The van der Waals surface area contributed by atoms with Gasteiger partial charge in [0.2, 0.25) is 11.8 Å². The first-order valence-corrected chi connectivity index (χ1v) is 9.09. The smallest absolute Gasteiger partial charge is 0.238 e. The molecule has 1 heterocycles. The minimum absolute atomic E-state index is 0.0736. The molecule has 1 atom stereocenters. The predicted octanol–water partition coefficient (Wildman–Crippen LogP) is 2.53. The van der Waals surface area contributed by atoms with E-state index in [0.717, 1.165) is 30.6 Å². The molecule has 1 aliphatic carbocycles. The van der Waals surface area contributed by atoms with Crippen LogP contribution in [0.4, 0.5) is 5.69 Å². The molecule has 124 valence electrons. The van der Waals surface area contributed by atoms with Gasteiger partial charge in [-0.1, -0.05) is 11.6 Å². The van der Waals surface area contributed by atoms with Gasteiger partial charge >= 0.3 is 0 Å². The molecule has 1 aromatic carbocycles. The molecular formula is C16H20ClN3O2S. The van der Waals surface area contributed by atoms with Gasteiger partial charge < -0.3 is 16.4 Å². The number of hydrogen-bond donors (Lipinski definition) is 3. The van der Waals surface area contributed by atoms with Gasteiger partial charge in [0, 0.05) is 28.4 Å². The van der Waals surface area contributed by atoms with E-state index in [1.54, 1.807) is 12.1 Å². The number of halogens is 1. The van der Waals surface area contributed by atoms with Gasteiger partial charge in [-0.2, -0.15) is 0 Å². The molecule has 1 fully saturated rings. The number of rotatable bonds is 3. The van der Waals surface area contributed by atoms with Crippen LogP contribution in [-0.4, -0.2) is 29.1 Å². The summed E-state index contributed by atoms with van der Waals surface area (Å²) in [6.45, 7) is 0. The number of hydrogen-bond acceptors (Lipinski definition) is 4. The normalized spacial score (nSPS) is 27.0. The maximum Gasteiger partial charge on any atom is 0.238 e. The molecule has 0 bridgehead atoms. The van der Waals surface area contributed by atoms with E-state index in [4.69, 9.17) is 17.3 Å². The van der Waals surface area contributed by atoms with Crippen molar-refractivity contribution >= 4 is 40.9 Å². The van der Waals surface area contributed by atoms with Crippen molar-refractivity contribution in [1.29, 1.82) is 0 Å². The maximum absolute atomic E-state index is 12.2. The lowest BCUT2D eigenvalue weighted by Gasteiger charge is -2.28. The van der Waals surface area contributed by atoms with Crippen LogP contribution in [0.2, 0.25) is 5.02 Å². The van der Waals surface area contributed by atoms with E-state index >= 15 is 0 Å². The van der Waals surface area contributed by atoms with Gasteiger partial charge in [0.1, 0.15) is 0 Å². The number of thioether (sulfide) groups is 1. The largest absolute Gasteiger partial charge is 0.353 e. The lowest BCUT2D eigenvalue weighted by atomic mass is 9.92. The number of fused-ring (bicyclic) bond motifs is 1. The third kappa shape index (κ3) is 4.19. The third-order valence-corrected chi connectivity index (χ3v) is 5.78. The molecular weight excluding hydrogens is 334 g/mol. The van der Waals surface area contributed by atoms with Gasteiger partial charge in [-0.25, -0.2) is 0 Å². The highest BCUT2D eigenvalue weighted by atomic mass is 35.5. The number of nitrogens with one attached hydrogen (secondary N) is 2. The van der Waals surface area contributed by atoms with Crippen LogP contribution in [-0.2, 0) is 9.59 Å². The summed E-state index contributed by atoms with van der Waals surface area (Å²) in [4.78, 5) is 25.3. The number of amides is 2. The highest BCUT2D eigenvalue weighted by molar-refractivity contribution is 8.01. The van der Waals surface area contributed by atoms with Crippen molar-refractivity contribution in [1.82, 2.24) is 5.32 Å². The van der Waals surface area contributed by atoms with E-state index in [9.17, 15) is 9.59 Å². The van der Waals surface area contributed by atoms with E-state index in [2.05, 4.69) is 10.6 Å². The van der Waals surface area contributed by atoms with Gasteiger partial charge in [0.15, 0.2) is 0 Å². The Bertz CT molecular complexity index is 617. The molecule has 0 radical (unpaired) electrons. The topological polar surface area (TPSA) is 84.2 Å². The molecule has 1 aromatic rings.